The molecule has 0 saturated heterocycles. The van der Waals surface area contributed by atoms with Crippen molar-refractivity contribution in [2.45, 2.75) is 52.7 Å². The van der Waals surface area contributed by atoms with Gasteiger partial charge in [0.1, 0.15) is 18.2 Å². The molecule has 5 rings (SSSR count). The van der Waals surface area contributed by atoms with Crippen molar-refractivity contribution in [2.75, 3.05) is 6.61 Å². The Bertz CT molecular complexity index is 1700. The minimum atomic E-state index is -0.748. The van der Waals surface area contributed by atoms with Gasteiger partial charge in [0.15, 0.2) is 0 Å². The van der Waals surface area contributed by atoms with Crippen molar-refractivity contribution < 1.29 is 28.2 Å². The van der Waals surface area contributed by atoms with E-state index in [-0.39, 0.29) is 53.5 Å². The van der Waals surface area contributed by atoms with Gasteiger partial charge in [-0.1, -0.05) is 38.1 Å². The summed E-state index contributed by atoms with van der Waals surface area (Å²) in [6, 6.07) is 16.8. The Morgan fingerprint density at radius 2 is 1.80 bits per heavy atom. The van der Waals surface area contributed by atoms with E-state index in [0.717, 1.165) is 29.7 Å². The molecule has 0 saturated carbocycles. The number of benzene rings is 2. The van der Waals surface area contributed by atoms with Crippen molar-refractivity contribution in [1.29, 1.82) is 0 Å². The van der Waals surface area contributed by atoms with E-state index in [4.69, 9.17) is 20.2 Å². The van der Waals surface area contributed by atoms with Gasteiger partial charge < -0.3 is 20.5 Å². The van der Waals surface area contributed by atoms with E-state index in [2.05, 4.69) is 11.4 Å². The largest absolute Gasteiger partial charge is 0.487 e. The number of carbonyl (C=O) groups excluding carboxylic acids is 3. The number of carbonyl (C=O) groups is 3. The molecule has 2 heterocycles. The highest BCUT2D eigenvalue weighted by Gasteiger charge is 2.31. The highest BCUT2D eigenvalue weighted by Crippen LogP contribution is 2.38. The molecule has 0 bridgehead atoms. The van der Waals surface area contributed by atoms with Crippen LogP contribution in [0.4, 0.5) is 4.39 Å². The molecule has 2 amide bonds. The van der Waals surface area contributed by atoms with Crippen molar-refractivity contribution in [3.63, 3.8) is 0 Å². The van der Waals surface area contributed by atoms with Gasteiger partial charge in [-0.3, -0.25) is 14.6 Å². The summed E-state index contributed by atoms with van der Waals surface area (Å²) in [4.78, 5) is 45.6. The number of aryl methyl sites for hydroxylation is 1. The van der Waals surface area contributed by atoms with Crippen LogP contribution in [-0.4, -0.2) is 29.4 Å². The van der Waals surface area contributed by atoms with E-state index in [1.165, 1.54) is 29.8 Å². The van der Waals surface area contributed by atoms with Crippen molar-refractivity contribution in [1.82, 2.24) is 10.3 Å². The molecule has 2 aromatic heterocycles. The van der Waals surface area contributed by atoms with E-state index in [9.17, 15) is 18.8 Å². The van der Waals surface area contributed by atoms with Gasteiger partial charge in [0.05, 0.1) is 40.0 Å². The van der Waals surface area contributed by atoms with Crippen LogP contribution in [0.1, 0.15) is 86.1 Å². The Balaban J connectivity index is 1.58. The number of halogens is 1. The van der Waals surface area contributed by atoms with E-state index in [1.807, 2.05) is 32.0 Å². The highest BCUT2D eigenvalue weighted by molar-refractivity contribution is 7.17. The predicted octanol–water partition coefficient (Wildman–Crippen LogP) is 6.42. The predicted molar refractivity (Wildman–Crippen MR) is 166 cm³/mol. The van der Waals surface area contributed by atoms with Crippen LogP contribution in [0.5, 0.6) is 5.75 Å². The number of nitrogens with one attached hydrogen (secondary N) is 1. The first-order valence-corrected chi connectivity index (χ1v) is 15.4. The summed E-state index contributed by atoms with van der Waals surface area (Å²) in [5.74, 6) is -1.64. The molecule has 10 heteroatoms. The third-order valence-electron chi connectivity index (χ3n) is 7.38. The van der Waals surface area contributed by atoms with Crippen LogP contribution in [0.15, 0.2) is 60.7 Å². The zero-order chi connectivity index (χ0) is 31.4. The van der Waals surface area contributed by atoms with E-state index in [0.29, 0.717) is 27.6 Å². The molecule has 0 spiro atoms. The average Bonchev–Trinajstić information content (AvgIpc) is 3.64. The second-order valence-electron chi connectivity index (χ2n) is 11.0. The molecule has 4 aromatic rings. The summed E-state index contributed by atoms with van der Waals surface area (Å²) in [5, 5.41) is 3.13. The summed E-state index contributed by atoms with van der Waals surface area (Å²) < 4.78 is 24.8. The molecular weight excluding hydrogens is 581 g/mol. The van der Waals surface area contributed by atoms with Crippen LogP contribution in [0, 0.1) is 11.7 Å². The Morgan fingerprint density at radius 1 is 1.05 bits per heavy atom. The standard InChI is InChI=1S/C34H34FN3O5S/c1-4-42-34(41)30-26(18-43-22-12-10-21(35)11-13-22)37-25(17-19(2)3)29(32(36)39)31(30)27-15-16-28(44-27)33(40)38-24-14-9-20-7-5-6-8-23(20)24/h5-8,10-13,15-16,19,24H,4,9,14,17-18H2,1-3H3,(H2,36,39)(H,38,40)/t24-/m1/s1. The Labute approximate surface area is 259 Å². The smallest absolute Gasteiger partial charge is 0.340 e. The van der Waals surface area contributed by atoms with Crippen LogP contribution >= 0.6 is 11.3 Å². The molecule has 2 aromatic carbocycles. The zero-order valence-corrected chi connectivity index (χ0v) is 25.6. The van der Waals surface area contributed by atoms with Crippen molar-refractivity contribution >= 4 is 29.1 Å². The number of primary amides is 1. The molecule has 44 heavy (non-hydrogen) atoms. The van der Waals surface area contributed by atoms with Crippen molar-refractivity contribution in [3.8, 4) is 16.2 Å². The van der Waals surface area contributed by atoms with E-state index >= 15 is 0 Å². The number of nitrogens with zero attached hydrogens (tertiary/aromatic N) is 1. The monoisotopic (exact) mass is 615 g/mol. The molecule has 1 atom stereocenters. The number of nitrogens with two attached hydrogens (primary N) is 1. The minimum Gasteiger partial charge on any atom is -0.487 e. The number of pyridine rings is 1. The first-order chi connectivity index (χ1) is 21.2. The van der Waals surface area contributed by atoms with Gasteiger partial charge in [0.2, 0.25) is 0 Å². The molecule has 228 valence electrons. The summed E-state index contributed by atoms with van der Waals surface area (Å²) in [5.41, 5.74) is 9.33. The number of ether oxygens (including phenoxy) is 2. The number of hydrogen-bond acceptors (Lipinski definition) is 7. The summed E-state index contributed by atoms with van der Waals surface area (Å²) in [6.45, 7) is 5.56. The normalized spacial score (nSPS) is 13.9. The van der Waals surface area contributed by atoms with E-state index in [1.54, 1.807) is 19.1 Å². The Kier molecular flexibility index (Phi) is 9.39. The fraction of sp³-hybridized carbons (Fsp3) is 0.294. The van der Waals surface area contributed by atoms with Crippen LogP contribution in [0.3, 0.4) is 0 Å². The van der Waals surface area contributed by atoms with Gasteiger partial charge in [-0.05, 0) is 79.6 Å². The van der Waals surface area contributed by atoms with Crippen LogP contribution in [0.25, 0.3) is 10.4 Å². The number of rotatable bonds is 11. The molecule has 1 aliphatic rings. The first kappa shape index (κ1) is 30.9. The lowest BCUT2D eigenvalue weighted by Crippen LogP contribution is -2.26. The number of fused-ring (bicyclic) bond motifs is 1. The quantitative estimate of drug-likeness (QED) is 0.188. The summed E-state index contributed by atoms with van der Waals surface area (Å²) in [6.07, 6.45) is 2.10. The van der Waals surface area contributed by atoms with Gasteiger partial charge in [-0.25, -0.2) is 9.18 Å². The van der Waals surface area contributed by atoms with Gasteiger partial charge in [0.25, 0.3) is 11.8 Å². The fourth-order valence-electron chi connectivity index (χ4n) is 5.48. The molecule has 0 aliphatic heterocycles. The van der Waals surface area contributed by atoms with Crippen LogP contribution < -0.4 is 15.8 Å². The van der Waals surface area contributed by atoms with E-state index < -0.39 is 17.7 Å². The average molecular weight is 616 g/mol. The lowest BCUT2D eigenvalue weighted by molar-refractivity contribution is 0.0523. The Hall–Kier alpha value is -4.57. The number of aromatic nitrogens is 1. The maximum absolute atomic E-state index is 13.5. The van der Waals surface area contributed by atoms with Crippen molar-refractivity contribution in [3.05, 3.63) is 105 Å². The second kappa shape index (κ2) is 13.4. The maximum atomic E-state index is 13.5. The van der Waals surface area contributed by atoms with Gasteiger partial charge >= 0.3 is 5.97 Å². The number of amides is 2. The molecular formula is C34H34FN3O5S. The number of thiophene rings is 1. The fourth-order valence-corrected chi connectivity index (χ4v) is 6.44. The molecule has 0 fully saturated rings. The van der Waals surface area contributed by atoms with Gasteiger partial charge in [0, 0.05) is 10.4 Å². The summed E-state index contributed by atoms with van der Waals surface area (Å²) in [7, 11) is 0. The SMILES string of the molecule is CCOC(=O)c1c(COc2ccc(F)cc2)nc(CC(C)C)c(C(N)=O)c1-c1ccc(C(=O)N[C@@H]2CCc3ccccc32)s1. The lowest BCUT2D eigenvalue weighted by atomic mass is 9.93. The molecule has 8 nitrogen and oxygen atoms in total. The zero-order valence-electron chi connectivity index (χ0n) is 24.8. The third-order valence-corrected chi connectivity index (χ3v) is 8.48. The lowest BCUT2D eigenvalue weighted by Gasteiger charge is -2.20. The second-order valence-corrected chi connectivity index (χ2v) is 12.1. The molecule has 3 N–H and O–H groups in total. The minimum absolute atomic E-state index is 0.0359. The summed E-state index contributed by atoms with van der Waals surface area (Å²) >= 11 is 1.15. The molecule has 1 aliphatic carbocycles. The highest BCUT2D eigenvalue weighted by atomic mass is 32.1. The topological polar surface area (TPSA) is 121 Å². The number of esters is 1. The van der Waals surface area contributed by atoms with Crippen molar-refractivity contribution in [2.24, 2.45) is 11.7 Å². The van der Waals surface area contributed by atoms with Crippen LogP contribution in [-0.2, 0) is 24.2 Å². The van der Waals surface area contributed by atoms with Gasteiger partial charge in [-0.15, -0.1) is 11.3 Å². The molecule has 0 radical (unpaired) electrons. The Morgan fingerprint density at radius 3 is 2.50 bits per heavy atom. The first-order valence-electron chi connectivity index (χ1n) is 14.6. The molecule has 0 unspecified atom stereocenters. The third kappa shape index (κ3) is 6.65. The van der Waals surface area contributed by atoms with Crippen LogP contribution in [0.2, 0.25) is 0 Å². The number of hydrogen-bond donors (Lipinski definition) is 2. The van der Waals surface area contributed by atoms with Gasteiger partial charge in [-0.2, -0.15) is 0 Å². The maximum Gasteiger partial charge on any atom is 0.340 e.